The van der Waals surface area contributed by atoms with Crippen molar-refractivity contribution >= 4 is 21.6 Å². The molecular weight excluding hydrogens is 408 g/mol. The van der Waals surface area contributed by atoms with Gasteiger partial charge < -0.3 is 0 Å². The molecule has 4 aromatic carbocycles. The molecule has 0 aliphatic rings. The van der Waals surface area contributed by atoms with Gasteiger partial charge in [0.15, 0.2) is 0 Å². The maximum Gasteiger partial charge on any atom is 0.206 e. The molecule has 0 N–H and O–H groups in total. The molecule has 0 heterocycles. The molecule has 0 saturated heterocycles. The minimum Gasteiger partial charge on any atom is -0.219 e. The van der Waals surface area contributed by atoms with Crippen molar-refractivity contribution in [3.63, 3.8) is 0 Å². The summed E-state index contributed by atoms with van der Waals surface area (Å²) in [6, 6.07) is 30.5. The first-order valence-corrected chi connectivity index (χ1v) is 12.4. The highest BCUT2D eigenvalue weighted by molar-refractivity contribution is 7.98. The van der Waals surface area contributed by atoms with Gasteiger partial charge in [0.25, 0.3) is 0 Å². The van der Waals surface area contributed by atoms with Crippen LogP contribution in [0.5, 0.6) is 0 Å². The zero-order chi connectivity index (χ0) is 21.1. The maximum atomic E-state index is 13.5. The minimum atomic E-state index is -3.65. The number of aryl methyl sites for hydroxylation is 1. The molecule has 2 nitrogen and oxygen atoms in total. The topological polar surface area (TPSA) is 34.1 Å². The largest absolute Gasteiger partial charge is 0.219 e. The summed E-state index contributed by atoms with van der Waals surface area (Å²) in [4.78, 5) is 1.67. The minimum absolute atomic E-state index is 0.307. The van der Waals surface area contributed by atoms with Crippen molar-refractivity contribution in [1.82, 2.24) is 0 Å². The van der Waals surface area contributed by atoms with Gasteiger partial charge in [-0.05, 0) is 71.3 Å². The Bertz CT molecular complexity index is 1280. The number of hydrogen-bond donors (Lipinski definition) is 0. The second-order valence-corrected chi connectivity index (χ2v) is 9.87. The number of rotatable bonds is 5. The zero-order valence-electron chi connectivity index (χ0n) is 16.9. The number of hydrogen-bond acceptors (Lipinski definition) is 3. The molecule has 0 aromatic heterocycles. The van der Waals surface area contributed by atoms with Gasteiger partial charge in [0.2, 0.25) is 9.84 Å². The van der Waals surface area contributed by atoms with E-state index >= 15 is 0 Å². The molecular formula is C26H22O2S2. The standard InChI is InChI=1S/C26H22O2S2/c1-19-13-14-22(17-24(19)20-9-5-3-6-10-20)30(27,28)23-15-16-26(29-2)25(18-23)21-11-7-4-8-12-21/h3-18H,1-2H3. The van der Waals surface area contributed by atoms with E-state index in [0.717, 1.165) is 32.7 Å². The van der Waals surface area contributed by atoms with Gasteiger partial charge in [0.1, 0.15) is 0 Å². The molecule has 0 fully saturated rings. The molecule has 4 heteroatoms. The van der Waals surface area contributed by atoms with E-state index in [-0.39, 0.29) is 0 Å². The van der Waals surface area contributed by atoms with Crippen LogP contribution in [0.2, 0.25) is 0 Å². The van der Waals surface area contributed by atoms with Crippen molar-refractivity contribution in [2.75, 3.05) is 6.26 Å². The Hall–Kier alpha value is -2.82. The summed E-state index contributed by atoms with van der Waals surface area (Å²) >= 11 is 1.61. The monoisotopic (exact) mass is 430 g/mol. The Kier molecular flexibility index (Phi) is 5.80. The van der Waals surface area contributed by atoms with Gasteiger partial charge in [-0.15, -0.1) is 11.8 Å². The Balaban J connectivity index is 1.84. The third kappa shape index (κ3) is 3.93. The first kappa shape index (κ1) is 20.5. The molecule has 0 radical (unpaired) electrons. The van der Waals surface area contributed by atoms with E-state index in [9.17, 15) is 8.42 Å². The Morgan fingerprint density at radius 2 is 1.13 bits per heavy atom. The van der Waals surface area contributed by atoms with Gasteiger partial charge >= 0.3 is 0 Å². The van der Waals surface area contributed by atoms with Crippen LogP contribution in [0.15, 0.2) is 112 Å². The van der Waals surface area contributed by atoms with Crippen molar-refractivity contribution in [3.8, 4) is 22.3 Å². The van der Waals surface area contributed by atoms with Gasteiger partial charge in [-0.1, -0.05) is 66.7 Å². The summed E-state index contributed by atoms with van der Waals surface area (Å²) < 4.78 is 27.0. The second kappa shape index (κ2) is 8.50. The highest BCUT2D eigenvalue weighted by Crippen LogP contribution is 2.35. The van der Waals surface area contributed by atoms with E-state index in [1.807, 2.05) is 86.0 Å². The SMILES string of the molecule is CSc1ccc(S(=O)(=O)c2ccc(C)c(-c3ccccc3)c2)cc1-c1ccccc1. The van der Waals surface area contributed by atoms with E-state index in [2.05, 4.69) is 0 Å². The fraction of sp³-hybridized carbons (Fsp3) is 0.0769. The van der Waals surface area contributed by atoms with Crippen LogP contribution in [-0.4, -0.2) is 14.7 Å². The first-order chi connectivity index (χ1) is 14.5. The highest BCUT2D eigenvalue weighted by Gasteiger charge is 2.21. The molecule has 0 atom stereocenters. The third-order valence-corrected chi connectivity index (χ3v) is 7.72. The summed E-state index contributed by atoms with van der Waals surface area (Å²) in [7, 11) is -3.65. The van der Waals surface area contributed by atoms with Gasteiger partial charge in [0.05, 0.1) is 9.79 Å². The van der Waals surface area contributed by atoms with E-state index in [4.69, 9.17) is 0 Å². The fourth-order valence-electron chi connectivity index (χ4n) is 3.53. The lowest BCUT2D eigenvalue weighted by atomic mass is 10.0. The number of thioether (sulfide) groups is 1. The van der Waals surface area contributed by atoms with Crippen LogP contribution >= 0.6 is 11.8 Å². The van der Waals surface area contributed by atoms with Crippen LogP contribution < -0.4 is 0 Å². The molecule has 0 bridgehead atoms. The van der Waals surface area contributed by atoms with Gasteiger partial charge in [-0.25, -0.2) is 8.42 Å². The molecule has 0 amide bonds. The number of benzene rings is 4. The summed E-state index contributed by atoms with van der Waals surface area (Å²) in [5, 5.41) is 0. The lowest BCUT2D eigenvalue weighted by Crippen LogP contribution is -2.03. The van der Waals surface area contributed by atoms with Crippen molar-refractivity contribution in [2.45, 2.75) is 21.6 Å². The Morgan fingerprint density at radius 3 is 1.70 bits per heavy atom. The summed E-state index contributed by atoms with van der Waals surface area (Å²) in [6.07, 6.45) is 2.00. The predicted molar refractivity (Wildman–Crippen MR) is 126 cm³/mol. The third-order valence-electron chi connectivity index (χ3n) is 5.17. The smallest absolute Gasteiger partial charge is 0.206 e. The van der Waals surface area contributed by atoms with Crippen LogP contribution in [0.3, 0.4) is 0 Å². The molecule has 4 aromatic rings. The second-order valence-electron chi connectivity index (χ2n) is 7.07. The number of sulfone groups is 1. The average Bonchev–Trinajstić information content (AvgIpc) is 2.80. The van der Waals surface area contributed by atoms with Crippen molar-refractivity contribution < 1.29 is 8.42 Å². The van der Waals surface area contributed by atoms with Crippen molar-refractivity contribution in [3.05, 3.63) is 103 Å². The van der Waals surface area contributed by atoms with Crippen molar-refractivity contribution in [2.24, 2.45) is 0 Å². The lowest BCUT2D eigenvalue weighted by Gasteiger charge is -2.13. The van der Waals surface area contributed by atoms with E-state index in [1.165, 1.54) is 0 Å². The molecule has 0 aliphatic heterocycles. The molecule has 0 saturated carbocycles. The van der Waals surface area contributed by atoms with Crippen LogP contribution in [0.4, 0.5) is 0 Å². The predicted octanol–water partition coefficient (Wildman–Crippen LogP) is 6.88. The van der Waals surface area contributed by atoms with Crippen LogP contribution in [0.1, 0.15) is 5.56 Å². The van der Waals surface area contributed by atoms with E-state index < -0.39 is 9.84 Å². The summed E-state index contributed by atoms with van der Waals surface area (Å²) in [5.41, 5.74) is 4.92. The Labute approximate surface area is 182 Å². The van der Waals surface area contributed by atoms with Crippen LogP contribution in [0.25, 0.3) is 22.3 Å². The van der Waals surface area contributed by atoms with Gasteiger partial charge in [-0.3, -0.25) is 0 Å². The van der Waals surface area contributed by atoms with Gasteiger partial charge in [0, 0.05) is 4.90 Å². The summed E-state index contributed by atoms with van der Waals surface area (Å²) in [6.45, 7) is 2.00. The molecule has 150 valence electrons. The van der Waals surface area contributed by atoms with E-state index in [1.54, 1.807) is 36.0 Å². The molecule has 4 rings (SSSR count). The zero-order valence-corrected chi connectivity index (χ0v) is 18.5. The average molecular weight is 431 g/mol. The van der Waals surface area contributed by atoms with E-state index in [0.29, 0.717) is 9.79 Å². The molecule has 0 aliphatic carbocycles. The Morgan fingerprint density at radius 1 is 0.633 bits per heavy atom. The normalized spacial score (nSPS) is 11.4. The van der Waals surface area contributed by atoms with Crippen LogP contribution in [0, 0.1) is 6.92 Å². The lowest BCUT2D eigenvalue weighted by molar-refractivity contribution is 0.596. The van der Waals surface area contributed by atoms with Gasteiger partial charge in [-0.2, -0.15) is 0 Å². The fourth-order valence-corrected chi connectivity index (χ4v) is 5.44. The quantitative estimate of drug-likeness (QED) is 0.324. The maximum absolute atomic E-state index is 13.5. The molecule has 0 spiro atoms. The highest BCUT2D eigenvalue weighted by atomic mass is 32.2. The van der Waals surface area contributed by atoms with Crippen LogP contribution in [-0.2, 0) is 9.84 Å². The van der Waals surface area contributed by atoms with Crippen molar-refractivity contribution in [1.29, 1.82) is 0 Å². The summed E-state index contributed by atoms with van der Waals surface area (Å²) in [5.74, 6) is 0. The molecule has 30 heavy (non-hydrogen) atoms. The first-order valence-electron chi connectivity index (χ1n) is 9.65. The molecule has 0 unspecified atom stereocenters.